The van der Waals surface area contributed by atoms with Crippen molar-refractivity contribution < 1.29 is 4.79 Å². The summed E-state index contributed by atoms with van der Waals surface area (Å²) in [6.07, 6.45) is 4.87. The normalized spacial score (nSPS) is 13.0. The van der Waals surface area contributed by atoms with E-state index in [4.69, 9.17) is 0 Å². The Kier molecular flexibility index (Phi) is 23.5. The number of carbonyl (C=O) groups excluding carboxylic acids is 1. The van der Waals surface area contributed by atoms with Crippen molar-refractivity contribution in [3.63, 3.8) is 0 Å². The summed E-state index contributed by atoms with van der Waals surface area (Å²) in [6.45, 7) is 33.2. The molecule has 0 aliphatic rings. The van der Waals surface area contributed by atoms with Gasteiger partial charge in [-0.2, -0.15) is 0 Å². The molecule has 264 valence electrons. The van der Waals surface area contributed by atoms with Gasteiger partial charge in [0.2, 0.25) is 0 Å². The SMILES string of the molecule is CC[Si](CC)(CC)CCCN(CCC[Si](CC)(CC)CC)C(=O)N(CCC[Si](CC)(CC)CC)CCC[Si](CC)(CC)CC. The maximum absolute atomic E-state index is 14.6. The van der Waals surface area contributed by atoms with Crippen LogP contribution in [0.4, 0.5) is 4.79 Å². The van der Waals surface area contributed by atoms with Crippen molar-refractivity contribution in [2.75, 3.05) is 26.2 Å². The lowest BCUT2D eigenvalue weighted by Gasteiger charge is -2.36. The minimum absolute atomic E-state index is 0.395. The molecular weight excluding hydrogens is 601 g/mol. The van der Waals surface area contributed by atoms with Crippen LogP contribution in [0.25, 0.3) is 0 Å². The minimum Gasteiger partial charge on any atom is -0.325 e. The van der Waals surface area contributed by atoms with E-state index in [9.17, 15) is 4.79 Å². The van der Waals surface area contributed by atoms with Crippen LogP contribution in [-0.2, 0) is 0 Å². The van der Waals surface area contributed by atoms with E-state index < -0.39 is 32.3 Å². The third kappa shape index (κ3) is 13.7. The molecule has 3 nitrogen and oxygen atoms in total. The highest BCUT2D eigenvalue weighted by atomic mass is 28.3. The van der Waals surface area contributed by atoms with Gasteiger partial charge in [0.15, 0.2) is 0 Å². The van der Waals surface area contributed by atoms with Gasteiger partial charge in [0.25, 0.3) is 0 Å². The van der Waals surface area contributed by atoms with Crippen LogP contribution >= 0.6 is 0 Å². The first-order valence-electron chi connectivity index (χ1n) is 20.1. The minimum atomic E-state index is -1.17. The standard InChI is InChI=1S/C37H84N2OSi4/c1-13-41(14-2,15-3)33-25-29-38(30-26-34-42(16-4,17-5)18-6)37(40)39(31-27-35-43(19-7,20-8)21-9)32-28-36-44(22-10,23-11)24-12/h13-36H2,1-12H3. The summed E-state index contributed by atoms with van der Waals surface area (Å²) < 4.78 is 0. The molecule has 0 aromatic heterocycles. The number of hydrogen-bond donors (Lipinski definition) is 0. The third-order valence-corrected chi connectivity index (χ3v) is 37.7. The Morgan fingerprint density at radius 3 is 0.636 bits per heavy atom. The molecule has 0 unspecified atom stereocenters. The second-order valence-electron chi connectivity index (χ2n) is 14.9. The Morgan fingerprint density at radius 1 is 0.341 bits per heavy atom. The lowest BCUT2D eigenvalue weighted by molar-refractivity contribution is 0.152. The van der Waals surface area contributed by atoms with Crippen molar-refractivity contribution in [2.24, 2.45) is 0 Å². The van der Waals surface area contributed by atoms with E-state index in [1.54, 1.807) is 0 Å². The van der Waals surface area contributed by atoms with Crippen LogP contribution in [0.3, 0.4) is 0 Å². The number of amides is 2. The van der Waals surface area contributed by atoms with Gasteiger partial charge in [0.1, 0.15) is 0 Å². The average molecular weight is 685 g/mol. The molecule has 0 aliphatic heterocycles. The summed E-state index contributed by atoms with van der Waals surface area (Å²) in [6, 6.07) is 22.7. The molecule has 0 saturated heterocycles. The number of carbonyl (C=O) groups is 1. The molecule has 0 heterocycles. The van der Waals surface area contributed by atoms with Gasteiger partial charge in [0, 0.05) is 26.2 Å². The fourth-order valence-corrected chi connectivity index (χ4v) is 22.4. The molecule has 0 fully saturated rings. The molecule has 2 amide bonds. The Hall–Kier alpha value is 0.138. The van der Waals surface area contributed by atoms with Gasteiger partial charge in [-0.15, -0.1) is 0 Å². The number of hydrogen-bond acceptors (Lipinski definition) is 1. The smallest absolute Gasteiger partial charge is 0.319 e. The molecule has 44 heavy (non-hydrogen) atoms. The highest BCUT2D eigenvalue weighted by Crippen LogP contribution is 2.30. The lowest BCUT2D eigenvalue weighted by atomic mass is 10.3. The molecule has 0 N–H and O–H groups in total. The Morgan fingerprint density at radius 2 is 0.500 bits per heavy atom. The molecule has 7 heteroatoms. The maximum atomic E-state index is 14.6. The second kappa shape index (κ2) is 23.5. The van der Waals surface area contributed by atoms with E-state index >= 15 is 0 Å². The van der Waals surface area contributed by atoms with Gasteiger partial charge in [0.05, 0.1) is 32.3 Å². The van der Waals surface area contributed by atoms with Crippen molar-refractivity contribution in [3.8, 4) is 0 Å². The van der Waals surface area contributed by atoms with Crippen molar-refractivity contribution in [1.82, 2.24) is 9.80 Å². The zero-order chi connectivity index (χ0) is 33.7. The average Bonchev–Trinajstić information content (AvgIpc) is 3.08. The quantitative estimate of drug-likeness (QED) is 0.0752. The zero-order valence-electron chi connectivity index (χ0n) is 32.8. The Labute approximate surface area is 283 Å². The second-order valence-corrected chi connectivity index (χ2v) is 37.4. The van der Waals surface area contributed by atoms with E-state index in [-0.39, 0.29) is 0 Å². The van der Waals surface area contributed by atoms with E-state index in [2.05, 4.69) is 92.9 Å². The molecule has 0 aliphatic carbocycles. The summed E-state index contributed by atoms with van der Waals surface area (Å²) in [7, 11) is -4.68. The summed E-state index contributed by atoms with van der Waals surface area (Å²) in [5, 5.41) is 0. The van der Waals surface area contributed by atoms with Gasteiger partial charge in [-0.05, 0) is 25.7 Å². The predicted octanol–water partition coefficient (Wildman–Crippen LogP) is 13.3. The van der Waals surface area contributed by atoms with Crippen LogP contribution in [0.2, 0.25) is 96.7 Å². The number of nitrogens with zero attached hydrogens (tertiary/aromatic N) is 2. The molecule has 0 aromatic carbocycles. The van der Waals surface area contributed by atoms with Crippen molar-refractivity contribution in [3.05, 3.63) is 0 Å². The third-order valence-electron chi connectivity index (χ3n) is 14.1. The summed E-state index contributed by atoms with van der Waals surface area (Å²) in [4.78, 5) is 19.3. The number of rotatable bonds is 28. The largest absolute Gasteiger partial charge is 0.325 e. The van der Waals surface area contributed by atoms with Crippen LogP contribution in [0.1, 0.15) is 109 Å². The fraction of sp³-hybridized carbons (Fsp3) is 0.973. The zero-order valence-corrected chi connectivity index (χ0v) is 36.8. The molecule has 0 bridgehead atoms. The van der Waals surface area contributed by atoms with Crippen LogP contribution in [0.15, 0.2) is 0 Å². The van der Waals surface area contributed by atoms with Gasteiger partial charge in [-0.3, -0.25) is 0 Å². The summed E-state index contributed by atoms with van der Waals surface area (Å²) >= 11 is 0. The van der Waals surface area contributed by atoms with Gasteiger partial charge < -0.3 is 9.80 Å². The van der Waals surface area contributed by atoms with Crippen LogP contribution in [0, 0.1) is 0 Å². The first-order chi connectivity index (χ1) is 21.0. The molecule has 0 radical (unpaired) electrons. The predicted molar refractivity (Wildman–Crippen MR) is 215 cm³/mol. The Bertz CT molecular complexity index is 575. The molecule has 0 rings (SSSR count). The van der Waals surface area contributed by atoms with Crippen molar-refractivity contribution in [2.45, 2.75) is 205 Å². The highest BCUT2D eigenvalue weighted by molar-refractivity contribution is 6.80. The molecule has 0 aromatic rings. The fourth-order valence-electron chi connectivity index (χ4n) is 8.51. The van der Waals surface area contributed by atoms with Crippen LogP contribution in [0.5, 0.6) is 0 Å². The van der Waals surface area contributed by atoms with Crippen LogP contribution in [-0.4, -0.2) is 74.3 Å². The van der Waals surface area contributed by atoms with Gasteiger partial charge in [-0.1, -0.05) is 180 Å². The molecular formula is C37H84N2OSi4. The number of urea groups is 1. The van der Waals surface area contributed by atoms with E-state index in [1.165, 1.54) is 122 Å². The van der Waals surface area contributed by atoms with Crippen LogP contribution < -0.4 is 0 Å². The monoisotopic (exact) mass is 685 g/mol. The molecule has 0 spiro atoms. The maximum Gasteiger partial charge on any atom is 0.319 e. The summed E-state index contributed by atoms with van der Waals surface area (Å²) in [5.74, 6) is 0. The highest BCUT2D eigenvalue weighted by Gasteiger charge is 2.31. The topological polar surface area (TPSA) is 23.6 Å². The van der Waals surface area contributed by atoms with Crippen molar-refractivity contribution in [1.29, 1.82) is 0 Å². The Balaban J connectivity index is 6.03. The first-order valence-corrected chi connectivity index (χ1v) is 31.4. The van der Waals surface area contributed by atoms with Gasteiger partial charge >= 0.3 is 6.03 Å². The lowest BCUT2D eigenvalue weighted by Crippen LogP contribution is -2.46. The van der Waals surface area contributed by atoms with E-state index in [0.717, 1.165) is 26.2 Å². The van der Waals surface area contributed by atoms with E-state index in [1.807, 2.05) is 0 Å². The first kappa shape index (κ1) is 44.1. The van der Waals surface area contributed by atoms with E-state index in [0.29, 0.717) is 6.03 Å². The summed E-state index contributed by atoms with van der Waals surface area (Å²) in [5.41, 5.74) is 0. The molecule has 0 saturated carbocycles. The van der Waals surface area contributed by atoms with Gasteiger partial charge in [-0.25, -0.2) is 4.79 Å². The van der Waals surface area contributed by atoms with Crippen molar-refractivity contribution >= 4 is 38.3 Å². The molecule has 0 atom stereocenters.